The van der Waals surface area contributed by atoms with E-state index >= 15 is 0 Å². The lowest BCUT2D eigenvalue weighted by Gasteiger charge is -2.10. The number of nitrogen functional groups attached to an aromatic ring is 1. The van der Waals surface area contributed by atoms with E-state index in [0.29, 0.717) is 11.6 Å². The van der Waals surface area contributed by atoms with Gasteiger partial charge in [-0.05, 0) is 41.1 Å². The summed E-state index contributed by atoms with van der Waals surface area (Å²) in [5.74, 6) is 0.852. The first-order chi connectivity index (χ1) is 8.08. The number of phenols is 1. The molecule has 0 amide bonds. The van der Waals surface area contributed by atoms with Crippen LogP contribution in [0.25, 0.3) is 0 Å². The second-order valence-electron chi connectivity index (χ2n) is 3.57. The number of phenolic OH excluding ortho intramolecular Hbond substituents is 1. The van der Waals surface area contributed by atoms with Gasteiger partial charge in [0.15, 0.2) is 5.75 Å². The number of nitrogens with two attached hydrogens (primary N) is 1. The number of ether oxygens (including phenoxy) is 1. The maximum atomic E-state index is 9.46. The molecule has 0 aliphatic rings. The van der Waals surface area contributed by atoms with Crippen LogP contribution in [0.2, 0.25) is 0 Å². The van der Waals surface area contributed by atoms with Gasteiger partial charge in [0.05, 0.1) is 0 Å². The fraction of sp³-hybridized carbons (Fsp3) is 0.0833. The molecule has 1 aromatic carbocycles. The predicted molar refractivity (Wildman–Crippen MR) is 69.3 cm³/mol. The molecule has 0 saturated heterocycles. The van der Waals surface area contributed by atoms with Crippen LogP contribution >= 0.6 is 15.9 Å². The first-order valence-corrected chi connectivity index (χ1v) is 5.74. The van der Waals surface area contributed by atoms with E-state index in [1.165, 1.54) is 6.07 Å². The Labute approximate surface area is 107 Å². The maximum Gasteiger partial charge on any atom is 0.222 e. The van der Waals surface area contributed by atoms with Crippen molar-refractivity contribution in [1.29, 1.82) is 0 Å². The third-order valence-electron chi connectivity index (χ3n) is 2.25. The molecule has 0 fully saturated rings. The average Bonchev–Trinajstić information content (AvgIpc) is 2.28. The topological polar surface area (TPSA) is 68.4 Å². The number of nitrogens with zero attached hydrogens (tertiary/aromatic N) is 1. The lowest BCUT2D eigenvalue weighted by atomic mass is 10.2. The van der Waals surface area contributed by atoms with Crippen molar-refractivity contribution >= 4 is 21.6 Å². The zero-order valence-corrected chi connectivity index (χ0v) is 10.7. The molecule has 0 aliphatic heterocycles. The van der Waals surface area contributed by atoms with Gasteiger partial charge in [0.25, 0.3) is 0 Å². The van der Waals surface area contributed by atoms with E-state index < -0.39 is 0 Å². The van der Waals surface area contributed by atoms with Gasteiger partial charge in [-0.1, -0.05) is 6.07 Å². The van der Waals surface area contributed by atoms with E-state index in [9.17, 15) is 5.11 Å². The third kappa shape index (κ3) is 2.50. The number of rotatable bonds is 2. The second-order valence-corrected chi connectivity index (χ2v) is 4.48. The Bertz CT molecular complexity index is 558. The molecule has 0 aliphatic carbocycles. The minimum Gasteiger partial charge on any atom is -0.506 e. The highest BCUT2D eigenvalue weighted by molar-refractivity contribution is 9.10. The molecular weight excluding hydrogens is 284 g/mol. The standard InChI is InChI=1S/C12H11BrN2O2/c1-7-5-8(13)6-15-12(7)17-10-4-2-3-9(16)11(10)14/h2-6,16H,14H2,1H3. The van der Waals surface area contributed by atoms with Crippen LogP contribution in [0.3, 0.4) is 0 Å². The minimum atomic E-state index is -0.00253. The summed E-state index contributed by atoms with van der Waals surface area (Å²) in [6.45, 7) is 1.88. The Balaban J connectivity index is 2.35. The van der Waals surface area contributed by atoms with Gasteiger partial charge in [-0.3, -0.25) is 0 Å². The summed E-state index contributed by atoms with van der Waals surface area (Å²) in [6, 6.07) is 6.73. The largest absolute Gasteiger partial charge is 0.506 e. The average molecular weight is 295 g/mol. The molecule has 0 saturated carbocycles. The summed E-state index contributed by atoms with van der Waals surface area (Å²) in [5, 5.41) is 9.46. The normalized spacial score (nSPS) is 10.2. The van der Waals surface area contributed by atoms with Gasteiger partial charge in [-0.15, -0.1) is 0 Å². The summed E-state index contributed by atoms with van der Waals surface area (Å²) in [5.41, 5.74) is 6.78. The Morgan fingerprint density at radius 1 is 1.41 bits per heavy atom. The van der Waals surface area contributed by atoms with Crippen molar-refractivity contribution in [3.63, 3.8) is 0 Å². The monoisotopic (exact) mass is 294 g/mol. The molecule has 1 aromatic heterocycles. The summed E-state index contributed by atoms with van der Waals surface area (Å²) in [6.07, 6.45) is 1.64. The SMILES string of the molecule is Cc1cc(Br)cnc1Oc1cccc(O)c1N. The molecule has 1 heterocycles. The number of benzene rings is 1. The summed E-state index contributed by atoms with van der Waals surface area (Å²) < 4.78 is 6.44. The van der Waals surface area contributed by atoms with Gasteiger partial charge < -0.3 is 15.6 Å². The van der Waals surface area contributed by atoms with Crippen LogP contribution < -0.4 is 10.5 Å². The van der Waals surface area contributed by atoms with E-state index in [-0.39, 0.29) is 11.4 Å². The second kappa shape index (κ2) is 4.63. The molecule has 0 unspecified atom stereocenters. The highest BCUT2D eigenvalue weighted by atomic mass is 79.9. The molecule has 2 rings (SSSR count). The number of aromatic nitrogens is 1. The number of aromatic hydroxyl groups is 1. The molecule has 5 heteroatoms. The zero-order chi connectivity index (χ0) is 12.4. The van der Waals surface area contributed by atoms with E-state index in [4.69, 9.17) is 10.5 Å². The van der Waals surface area contributed by atoms with Crippen LogP contribution in [-0.4, -0.2) is 10.1 Å². The molecule has 0 radical (unpaired) electrons. The van der Waals surface area contributed by atoms with Crippen LogP contribution in [0.15, 0.2) is 34.9 Å². The van der Waals surface area contributed by atoms with Gasteiger partial charge in [0.2, 0.25) is 5.88 Å². The Hall–Kier alpha value is -1.75. The fourth-order valence-electron chi connectivity index (χ4n) is 1.36. The first-order valence-electron chi connectivity index (χ1n) is 4.95. The fourth-order valence-corrected chi connectivity index (χ4v) is 1.81. The number of para-hydroxylation sites is 1. The maximum absolute atomic E-state index is 9.46. The van der Waals surface area contributed by atoms with Crippen molar-refractivity contribution in [3.8, 4) is 17.4 Å². The van der Waals surface area contributed by atoms with Crippen molar-refractivity contribution in [1.82, 2.24) is 4.98 Å². The number of hydrogen-bond donors (Lipinski definition) is 2. The van der Waals surface area contributed by atoms with Gasteiger partial charge in [-0.25, -0.2) is 4.98 Å². The van der Waals surface area contributed by atoms with Crippen molar-refractivity contribution < 1.29 is 9.84 Å². The van der Waals surface area contributed by atoms with Crippen molar-refractivity contribution in [2.45, 2.75) is 6.92 Å². The Kier molecular flexibility index (Phi) is 3.19. The Morgan fingerprint density at radius 3 is 2.88 bits per heavy atom. The summed E-state index contributed by atoms with van der Waals surface area (Å²) >= 11 is 3.33. The van der Waals surface area contributed by atoms with Crippen LogP contribution in [-0.2, 0) is 0 Å². The lowest BCUT2D eigenvalue weighted by molar-refractivity contribution is 0.447. The van der Waals surface area contributed by atoms with E-state index in [1.807, 2.05) is 13.0 Å². The third-order valence-corrected chi connectivity index (χ3v) is 2.68. The number of anilines is 1. The smallest absolute Gasteiger partial charge is 0.222 e. The van der Waals surface area contributed by atoms with Gasteiger partial charge in [0.1, 0.15) is 11.4 Å². The molecule has 0 bridgehead atoms. The number of aryl methyl sites for hydroxylation is 1. The molecule has 88 valence electrons. The molecule has 0 spiro atoms. The molecule has 2 aromatic rings. The van der Waals surface area contributed by atoms with Crippen LogP contribution in [0.1, 0.15) is 5.56 Å². The van der Waals surface area contributed by atoms with Gasteiger partial charge >= 0.3 is 0 Å². The lowest BCUT2D eigenvalue weighted by Crippen LogP contribution is -1.95. The number of pyridine rings is 1. The highest BCUT2D eigenvalue weighted by Gasteiger charge is 2.08. The number of halogens is 1. The summed E-state index contributed by atoms with van der Waals surface area (Å²) in [7, 11) is 0. The Morgan fingerprint density at radius 2 is 2.18 bits per heavy atom. The zero-order valence-electron chi connectivity index (χ0n) is 9.14. The minimum absolute atomic E-state index is 0.00253. The van der Waals surface area contributed by atoms with Crippen LogP contribution in [0.5, 0.6) is 17.4 Å². The van der Waals surface area contributed by atoms with E-state index in [2.05, 4.69) is 20.9 Å². The van der Waals surface area contributed by atoms with E-state index in [1.54, 1.807) is 18.3 Å². The van der Waals surface area contributed by atoms with Gasteiger partial charge in [0, 0.05) is 16.2 Å². The van der Waals surface area contributed by atoms with Crippen molar-refractivity contribution in [2.75, 3.05) is 5.73 Å². The van der Waals surface area contributed by atoms with Crippen molar-refractivity contribution in [2.24, 2.45) is 0 Å². The predicted octanol–water partition coefficient (Wildman–Crippen LogP) is 3.23. The first kappa shape index (κ1) is 11.7. The van der Waals surface area contributed by atoms with E-state index in [0.717, 1.165) is 10.0 Å². The molecule has 0 atom stereocenters. The van der Waals surface area contributed by atoms with Gasteiger partial charge in [-0.2, -0.15) is 0 Å². The molecule has 4 nitrogen and oxygen atoms in total. The molecule has 17 heavy (non-hydrogen) atoms. The van der Waals surface area contributed by atoms with Crippen LogP contribution in [0, 0.1) is 6.92 Å². The van der Waals surface area contributed by atoms with Crippen LogP contribution in [0.4, 0.5) is 5.69 Å². The van der Waals surface area contributed by atoms with Crippen molar-refractivity contribution in [3.05, 3.63) is 40.5 Å². The molecule has 3 N–H and O–H groups in total. The number of hydrogen-bond acceptors (Lipinski definition) is 4. The summed E-state index contributed by atoms with van der Waals surface area (Å²) in [4.78, 5) is 4.14. The molecular formula is C12H11BrN2O2. The highest BCUT2D eigenvalue weighted by Crippen LogP contribution is 2.34. The quantitative estimate of drug-likeness (QED) is 0.659.